The van der Waals surface area contributed by atoms with Crippen molar-refractivity contribution in [3.63, 3.8) is 0 Å². The van der Waals surface area contributed by atoms with Gasteiger partial charge in [-0.15, -0.1) is 0 Å². The number of hydrogen-bond donors (Lipinski definition) is 1. The maximum Gasteiger partial charge on any atom is 0.407 e. The third-order valence-corrected chi connectivity index (χ3v) is 5.83. The fourth-order valence-electron chi connectivity index (χ4n) is 4.36. The van der Waals surface area contributed by atoms with Crippen molar-refractivity contribution in [3.8, 4) is 11.4 Å². The molecule has 178 valence electrons. The van der Waals surface area contributed by atoms with Crippen LogP contribution in [0.3, 0.4) is 0 Å². The van der Waals surface area contributed by atoms with Gasteiger partial charge in [0.25, 0.3) is 11.8 Å². The van der Waals surface area contributed by atoms with E-state index in [9.17, 15) is 18.4 Å². The molecule has 1 aliphatic heterocycles. The minimum absolute atomic E-state index is 0.00251. The van der Waals surface area contributed by atoms with Crippen LogP contribution in [0, 0.1) is 0 Å². The molecular weight excluding hydrogens is 434 g/mol. The number of benzene rings is 1. The summed E-state index contributed by atoms with van der Waals surface area (Å²) in [5.41, 5.74) is 1.12. The van der Waals surface area contributed by atoms with E-state index in [1.807, 2.05) is 0 Å². The molecule has 0 radical (unpaired) electrons. The molecule has 8 nitrogen and oxygen atoms in total. The Morgan fingerprint density at radius 3 is 2.61 bits per heavy atom. The van der Waals surface area contributed by atoms with Gasteiger partial charge in [-0.05, 0) is 45.2 Å². The van der Waals surface area contributed by atoms with Crippen LogP contribution in [0.4, 0.5) is 13.6 Å². The van der Waals surface area contributed by atoms with Crippen molar-refractivity contribution in [3.05, 3.63) is 35.2 Å². The number of ether oxygens (including phenoxy) is 1. The fraction of sp³-hybridized carbons (Fsp3) is 0.565. The zero-order valence-electron chi connectivity index (χ0n) is 19.2. The van der Waals surface area contributed by atoms with E-state index in [0.29, 0.717) is 24.6 Å². The average Bonchev–Trinajstić information content (AvgIpc) is 3.32. The predicted octanol–water partition coefficient (Wildman–Crippen LogP) is 4.64. The van der Waals surface area contributed by atoms with E-state index in [0.717, 1.165) is 31.2 Å². The molecule has 1 fully saturated rings. The second kappa shape index (κ2) is 8.39. The highest BCUT2D eigenvalue weighted by molar-refractivity contribution is 5.99. The van der Waals surface area contributed by atoms with Crippen LogP contribution in [0.25, 0.3) is 11.4 Å². The average molecular weight is 462 g/mol. The SMILES string of the molecule is CC(C)(C)OC(=O)NC1CCCCC1N1Cc2ccc(-c3noc(C(C)(F)F)n3)cc2C1=O. The quantitative estimate of drug-likeness (QED) is 0.711. The first kappa shape index (κ1) is 23.1. The van der Waals surface area contributed by atoms with E-state index >= 15 is 0 Å². The van der Waals surface area contributed by atoms with Crippen molar-refractivity contribution in [2.75, 3.05) is 0 Å². The molecule has 1 N–H and O–H groups in total. The highest BCUT2D eigenvalue weighted by Crippen LogP contribution is 2.34. The highest BCUT2D eigenvalue weighted by Gasteiger charge is 2.39. The summed E-state index contributed by atoms with van der Waals surface area (Å²) in [5, 5.41) is 6.58. The van der Waals surface area contributed by atoms with Gasteiger partial charge in [-0.2, -0.15) is 13.8 Å². The normalized spacial score (nSPS) is 21.2. The molecule has 2 aromatic rings. The molecule has 0 spiro atoms. The second-order valence-electron chi connectivity index (χ2n) is 9.72. The van der Waals surface area contributed by atoms with Gasteiger partial charge in [0.2, 0.25) is 5.82 Å². The smallest absolute Gasteiger partial charge is 0.407 e. The van der Waals surface area contributed by atoms with Crippen LogP contribution in [0.15, 0.2) is 22.7 Å². The largest absolute Gasteiger partial charge is 0.444 e. The number of rotatable bonds is 4. The van der Waals surface area contributed by atoms with Gasteiger partial charge < -0.3 is 19.5 Å². The van der Waals surface area contributed by atoms with Gasteiger partial charge in [-0.25, -0.2) is 4.79 Å². The molecule has 2 heterocycles. The van der Waals surface area contributed by atoms with E-state index in [1.54, 1.807) is 43.9 Å². The molecule has 10 heteroatoms. The summed E-state index contributed by atoms with van der Waals surface area (Å²) in [6.45, 7) is 6.50. The number of hydrogen-bond acceptors (Lipinski definition) is 6. The molecule has 1 aromatic carbocycles. The van der Waals surface area contributed by atoms with Crippen LogP contribution >= 0.6 is 0 Å². The summed E-state index contributed by atoms with van der Waals surface area (Å²) in [6.07, 6.45) is 2.95. The van der Waals surface area contributed by atoms with E-state index < -0.39 is 23.5 Å². The number of nitrogens with zero attached hydrogens (tertiary/aromatic N) is 3. The van der Waals surface area contributed by atoms with Crippen LogP contribution in [0.5, 0.6) is 0 Å². The monoisotopic (exact) mass is 462 g/mol. The lowest BCUT2D eigenvalue weighted by Gasteiger charge is -2.38. The third-order valence-electron chi connectivity index (χ3n) is 5.83. The molecule has 2 amide bonds. The summed E-state index contributed by atoms with van der Waals surface area (Å²) in [7, 11) is 0. The van der Waals surface area contributed by atoms with Gasteiger partial charge in [0.1, 0.15) is 5.60 Å². The van der Waals surface area contributed by atoms with Gasteiger partial charge in [0, 0.05) is 24.6 Å². The van der Waals surface area contributed by atoms with Gasteiger partial charge in [-0.3, -0.25) is 4.79 Å². The highest BCUT2D eigenvalue weighted by atomic mass is 19.3. The van der Waals surface area contributed by atoms with Crippen molar-refractivity contribution in [2.45, 2.75) is 83.5 Å². The van der Waals surface area contributed by atoms with E-state index in [1.165, 1.54) is 0 Å². The molecule has 2 atom stereocenters. The minimum Gasteiger partial charge on any atom is -0.444 e. The molecule has 1 saturated carbocycles. The summed E-state index contributed by atoms with van der Waals surface area (Å²) in [4.78, 5) is 31.2. The van der Waals surface area contributed by atoms with Crippen LogP contribution in [-0.4, -0.2) is 44.7 Å². The lowest BCUT2D eigenvalue weighted by molar-refractivity contribution is -0.0158. The molecule has 0 saturated heterocycles. The Bertz CT molecular complexity index is 1060. The van der Waals surface area contributed by atoms with E-state index in [2.05, 4.69) is 20.0 Å². The standard InChI is InChI=1S/C23H28F2N4O4/c1-22(2,3)32-21(31)26-16-7-5-6-8-17(16)29-12-14-10-9-13(11-15(14)19(29)30)18-27-20(33-28-18)23(4,24)25/h9-11,16-17H,5-8,12H2,1-4H3,(H,26,31). The fourth-order valence-corrected chi connectivity index (χ4v) is 4.36. The lowest BCUT2D eigenvalue weighted by atomic mass is 9.89. The Morgan fingerprint density at radius 1 is 1.21 bits per heavy atom. The number of aromatic nitrogens is 2. The number of carbonyl (C=O) groups excluding carboxylic acids is 2. The predicted molar refractivity (Wildman–Crippen MR) is 115 cm³/mol. The van der Waals surface area contributed by atoms with E-state index in [-0.39, 0.29) is 23.8 Å². The van der Waals surface area contributed by atoms with Gasteiger partial charge in [0.15, 0.2) is 0 Å². The topological polar surface area (TPSA) is 97.6 Å². The molecule has 1 aliphatic carbocycles. The Balaban J connectivity index is 1.53. The first-order valence-corrected chi connectivity index (χ1v) is 11.1. The van der Waals surface area contributed by atoms with Crippen molar-refractivity contribution < 1.29 is 27.6 Å². The zero-order chi connectivity index (χ0) is 24.0. The summed E-state index contributed by atoms with van der Waals surface area (Å²) >= 11 is 0. The first-order valence-electron chi connectivity index (χ1n) is 11.1. The Kier molecular flexibility index (Phi) is 5.88. The van der Waals surface area contributed by atoms with Crippen molar-refractivity contribution in [1.29, 1.82) is 0 Å². The third kappa shape index (κ3) is 4.99. The Labute approximate surface area is 190 Å². The van der Waals surface area contributed by atoms with Crippen LogP contribution < -0.4 is 5.32 Å². The zero-order valence-corrected chi connectivity index (χ0v) is 19.2. The number of carbonyl (C=O) groups is 2. The second-order valence-corrected chi connectivity index (χ2v) is 9.72. The Morgan fingerprint density at radius 2 is 1.94 bits per heavy atom. The molecule has 2 unspecified atom stereocenters. The van der Waals surface area contributed by atoms with Gasteiger partial charge in [-0.1, -0.05) is 30.1 Å². The lowest BCUT2D eigenvalue weighted by Crippen LogP contribution is -2.54. The van der Waals surface area contributed by atoms with Gasteiger partial charge >= 0.3 is 12.0 Å². The number of amides is 2. The molecule has 4 rings (SSSR count). The number of alkyl carbamates (subject to hydrolysis) is 1. The molecule has 2 aliphatic rings. The number of alkyl halides is 2. The van der Waals surface area contributed by atoms with Gasteiger partial charge in [0.05, 0.1) is 12.1 Å². The summed E-state index contributed by atoms with van der Waals surface area (Å²) < 4.78 is 37.0. The van der Waals surface area contributed by atoms with E-state index in [4.69, 9.17) is 4.74 Å². The van der Waals surface area contributed by atoms with Crippen molar-refractivity contribution in [1.82, 2.24) is 20.4 Å². The van der Waals surface area contributed by atoms with Crippen LogP contribution in [-0.2, 0) is 17.2 Å². The Hall–Kier alpha value is -3.04. The number of fused-ring (bicyclic) bond motifs is 1. The number of halogens is 2. The maximum absolute atomic E-state index is 13.4. The molecular formula is C23H28F2N4O4. The minimum atomic E-state index is -3.24. The molecule has 1 aromatic heterocycles. The summed E-state index contributed by atoms with van der Waals surface area (Å²) in [5.74, 6) is -4.18. The summed E-state index contributed by atoms with van der Waals surface area (Å²) in [6, 6.07) is 4.71. The van der Waals surface area contributed by atoms with Crippen LogP contribution in [0.2, 0.25) is 0 Å². The molecule has 33 heavy (non-hydrogen) atoms. The molecule has 0 bridgehead atoms. The maximum atomic E-state index is 13.4. The van der Waals surface area contributed by atoms with Crippen LogP contribution in [0.1, 0.15) is 75.2 Å². The first-order chi connectivity index (χ1) is 15.4. The van der Waals surface area contributed by atoms with Crippen molar-refractivity contribution in [2.24, 2.45) is 0 Å². The van der Waals surface area contributed by atoms with Crippen molar-refractivity contribution >= 4 is 12.0 Å². The number of nitrogens with one attached hydrogen (secondary N) is 1.